The maximum Gasteiger partial charge on any atom is 0.218 e. The summed E-state index contributed by atoms with van der Waals surface area (Å²) < 4.78 is 5.24. The number of anilines is 1. The second-order valence-corrected chi connectivity index (χ2v) is 5.47. The lowest BCUT2D eigenvalue weighted by molar-refractivity contribution is 0.298. The average molecular weight is 294 g/mol. The van der Waals surface area contributed by atoms with Gasteiger partial charge in [-0.2, -0.15) is 4.98 Å². The first-order chi connectivity index (χ1) is 10.1. The second kappa shape index (κ2) is 9.55. The summed E-state index contributed by atoms with van der Waals surface area (Å²) in [6.45, 7) is 12.9. The minimum absolute atomic E-state index is 0.295. The summed E-state index contributed by atoms with van der Waals surface area (Å²) in [5.41, 5.74) is 0. The van der Waals surface area contributed by atoms with Crippen molar-refractivity contribution in [1.82, 2.24) is 14.9 Å². The molecule has 0 aliphatic carbocycles. The maximum absolute atomic E-state index is 5.24. The summed E-state index contributed by atoms with van der Waals surface area (Å²) in [7, 11) is 1.64. The van der Waals surface area contributed by atoms with Gasteiger partial charge in [0.1, 0.15) is 11.6 Å². The molecule has 0 radical (unpaired) electrons. The van der Waals surface area contributed by atoms with Crippen molar-refractivity contribution in [3.63, 3.8) is 0 Å². The van der Waals surface area contributed by atoms with Gasteiger partial charge in [-0.15, -0.1) is 0 Å². The quantitative estimate of drug-likeness (QED) is 0.672. The molecular formula is C16H30N4O. The molecule has 120 valence electrons. The van der Waals surface area contributed by atoms with Crippen LogP contribution in [0.4, 0.5) is 5.82 Å². The number of hydrogen-bond donors (Lipinski definition) is 1. The van der Waals surface area contributed by atoms with E-state index in [4.69, 9.17) is 4.74 Å². The Morgan fingerprint density at radius 1 is 1.19 bits per heavy atom. The minimum atomic E-state index is 0.295. The van der Waals surface area contributed by atoms with Gasteiger partial charge in [-0.05, 0) is 32.5 Å². The average Bonchev–Trinajstić information content (AvgIpc) is 2.50. The zero-order valence-electron chi connectivity index (χ0n) is 14.1. The summed E-state index contributed by atoms with van der Waals surface area (Å²) in [6, 6.07) is 1.86. The molecule has 1 aromatic rings. The maximum atomic E-state index is 5.24. The van der Waals surface area contributed by atoms with Crippen molar-refractivity contribution in [3.05, 3.63) is 11.9 Å². The first-order valence-corrected chi connectivity index (χ1v) is 7.99. The van der Waals surface area contributed by atoms with E-state index in [1.807, 2.05) is 6.07 Å². The van der Waals surface area contributed by atoms with E-state index in [9.17, 15) is 0 Å². The van der Waals surface area contributed by atoms with E-state index >= 15 is 0 Å². The molecule has 0 spiro atoms. The van der Waals surface area contributed by atoms with E-state index in [0.29, 0.717) is 11.8 Å². The summed E-state index contributed by atoms with van der Waals surface area (Å²) >= 11 is 0. The van der Waals surface area contributed by atoms with Gasteiger partial charge in [0.15, 0.2) is 0 Å². The largest absolute Gasteiger partial charge is 0.481 e. The molecule has 0 amide bonds. The number of hydrogen-bond acceptors (Lipinski definition) is 5. The van der Waals surface area contributed by atoms with Gasteiger partial charge >= 0.3 is 0 Å². The molecule has 0 fully saturated rings. The highest BCUT2D eigenvalue weighted by molar-refractivity contribution is 5.38. The lowest BCUT2D eigenvalue weighted by Crippen LogP contribution is -2.24. The Hall–Kier alpha value is -1.36. The van der Waals surface area contributed by atoms with E-state index in [1.54, 1.807) is 7.11 Å². The lowest BCUT2D eigenvalue weighted by atomic mass is 10.2. The van der Waals surface area contributed by atoms with Gasteiger partial charge in [0.25, 0.3) is 0 Å². The number of ether oxygens (including phenoxy) is 1. The topological polar surface area (TPSA) is 50.3 Å². The lowest BCUT2D eigenvalue weighted by Gasteiger charge is -2.17. The van der Waals surface area contributed by atoms with Crippen LogP contribution >= 0.6 is 0 Å². The third-order valence-corrected chi connectivity index (χ3v) is 3.55. The van der Waals surface area contributed by atoms with Crippen molar-refractivity contribution in [2.24, 2.45) is 0 Å². The van der Waals surface area contributed by atoms with E-state index in [0.717, 1.165) is 37.7 Å². The smallest absolute Gasteiger partial charge is 0.218 e. The fourth-order valence-electron chi connectivity index (χ4n) is 2.11. The predicted molar refractivity (Wildman–Crippen MR) is 88.2 cm³/mol. The Morgan fingerprint density at radius 3 is 2.48 bits per heavy atom. The van der Waals surface area contributed by atoms with Crippen molar-refractivity contribution < 1.29 is 4.74 Å². The van der Waals surface area contributed by atoms with Crippen LogP contribution < -0.4 is 10.1 Å². The highest BCUT2D eigenvalue weighted by Crippen LogP contribution is 2.18. The van der Waals surface area contributed by atoms with Crippen molar-refractivity contribution in [2.45, 2.75) is 46.5 Å². The van der Waals surface area contributed by atoms with Crippen LogP contribution in [0, 0.1) is 0 Å². The van der Waals surface area contributed by atoms with E-state index in [2.05, 4.69) is 47.9 Å². The number of nitrogens with zero attached hydrogens (tertiary/aromatic N) is 3. The predicted octanol–water partition coefficient (Wildman–Crippen LogP) is 3.14. The molecule has 1 aromatic heterocycles. The van der Waals surface area contributed by atoms with E-state index < -0.39 is 0 Å². The molecule has 5 nitrogen and oxygen atoms in total. The zero-order valence-corrected chi connectivity index (χ0v) is 14.1. The summed E-state index contributed by atoms with van der Waals surface area (Å²) in [5.74, 6) is 2.59. The molecule has 0 aliphatic rings. The van der Waals surface area contributed by atoms with Crippen molar-refractivity contribution >= 4 is 5.82 Å². The Labute approximate surface area is 129 Å². The van der Waals surface area contributed by atoms with E-state index in [1.165, 1.54) is 13.0 Å². The van der Waals surface area contributed by atoms with Gasteiger partial charge in [-0.25, -0.2) is 4.98 Å². The molecule has 0 saturated heterocycles. The molecule has 0 aromatic carbocycles. The molecule has 5 heteroatoms. The van der Waals surface area contributed by atoms with Crippen LogP contribution in [0.5, 0.6) is 5.88 Å². The van der Waals surface area contributed by atoms with Crippen LogP contribution in [0.3, 0.4) is 0 Å². The highest BCUT2D eigenvalue weighted by Gasteiger charge is 2.08. The van der Waals surface area contributed by atoms with Gasteiger partial charge in [0.2, 0.25) is 5.88 Å². The molecule has 0 atom stereocenters. The number of methoxy groups -OCH3 is 1. The number of unbranched alkanes of at least 4 members (excludes halogenated alkanes) is 1. The molecule has 1 rings (SSSR count). The fraction of sp³-hybridized carbons (Fsp3) is 0.750. The third kappa shape index (κ3) is 6.29. The molecule has 0 unspecified atom stereocenters. The molecule has 21 heavy (non-hydrogen) atoms. The molecule has 0 saturated carbocycles. The van der Waals surface area contributed by atoms with Crippen LogP contribution in [0.2, 0.25) is 0 Å². The molecule has 0 aliphatic heterocycles. The summed E-state index contributed by atoms with van der Waals surface area (Å²) in [4.78, 5) is 11.3. The first kappa shape index (κ1) is 17.7. The third-order valence-electron chi connectivity index (χ3n) is 3.55. The van der Waals surface area contributed by atoms with Crippen LogP contribution in [-0.4, -0.2) is 48.2 Å². The second-order valence-electron chi connectivity index (χ2n) is 5.47. The fourth-order valence-corrected chi connectivity index (χ4v) is 2.11. The van der Waals surface area contributed by atoms with Crippen molar-refractivity contribution in [1.29, 1.82) is 0 Å². The Kier molecular flexibility index (Phi) is 8.05. The molecule has 1 N–H and O–H groups in total. The summed E-state index contributed by atoms with van der Waals surface area (Å²) in [6.07, 6.45) is 2.34. The van der Waals surface area contributed by atoms with Gasteiger partial charge < -0.3 is 15.0 Å². The van der Waals surface area contributed by atoms with E-state index in [-0.39, 0.29) is 0 Å². The van der Waals surface area contributed by atoms with Gasteiger partial charge in [0.05, 0.1) is 7.11 Å². The monoisotopic (exact) mass is 294 g/mol. The Morgan fingerprint density at radius 2 is 1.90 bits per heavy atom. The van der Waals surface area contributed by atoms with Crippen LogP contribution in [0.25, 0.3) is 0 Å². The van der Waals surface area contributed by atoms with Crippen molar-refractivity contribution in [3.8, 4) is 5.88 Å². The van der Waals surface area contributed by atoms with Crippen LogP contribution in [0.15, 0.2) is 6.07 Å². The SMILES string of the molecule is CCN(CC)CCCCNc1cc(OC)nc(C(C)C)n1. The van der Waals surface area contributed by atoms with Crippen LogP contribution in [0.1, 0.15) is 52.3 Å². The van der Waals surface area contributed by atoms with Crippen molar-refractivity contribution in [2.75, 3.05) is 38.6 Å². The van der Waals surface area contributed by atoms with Gasteiger partial charge in [-0.3, -0.25) is 0 Å². The standard InChI is InChI=1S/C16H30N4O/c1-6-20(7-2)11-9-8-10-17-14-12-15(21-5)19-16(18-14)13(3)4/h12-13H,6-11H2,1-5H3,(H,17,18,19). The number of rotatable bonds is 10. The van der Waals surface area contributed by atoms with Crippen LogP contribution in [-0.2, 0) is 0 Å². The Balaban J connectivity index is 2.42. The molecule has 0 bridgehead atoms. The number of nitrogens with one attached hydrogen (secondary N) is 1. The highest BCUT2D eigenvalue weighted by atomic mass is 16.5. The number of aromatic nitrogens is 2. The minimum Gasteiger partial charge on any atom is -0.481 e. The summed E-state index contributed by atoms with van der Waals surface area (Å²) in [5, 5.41) is 3.37. The molecule has 1 heterocycles. The van der Waals surface area contributed by atoms with Gasteiger partial charge in [-0.1, -0.05) is 27.7 Å². The Bertz CT molecular complexity index is 405. The first-order valence-electron chi connectivity index (χ1n) is 7.99. The normalized spacial score (nSPS) is 11.2. The molecular weight excluding hydrogens is 264 g/mol. The van der Waals surface area contributed by atoms with Gasteiger partial charge in [0, 0.05) is 18.5 Å². The zero-order chi connectivity index (χ0) is 15.7.